The highest BCUT2D eigenvalue weighted by molar-refractivity contribution is 6.06. The summed E-state index contributed by atoms with van der Waals surface area (Å²) in [4.78, 5) is 23.5. The second-order valence-electron chi connectivity index (χ2n) is 8.18. The van der Waals surface area contributed by atoms with Gasteiger partial charge in [0.1, 0.15) is 29.3 Å². The van der Waals surface area contributed by atoms with E-state index in [0.29, 0.717) is 29.8 Å². The largest absolute Gasteiger partial charge is 0.358 e. The van der Waals surface area contributed by atoms with Crippen molar-refractivity contribution in [1.82, 2.24) is 9.97 Å². The summed E-state index contributed by atoms with van der Waals surface area (Å²) in [5.41, 5.74) is 0.00108. The summed E-state index contributed by atoms with van der Waals surface area (Å²) in [5, 5.41) is 0. The number of halogens is 3. The molecule has 1 fully saturated rings. The summed E-state index contributed by atoms with van der Waals surface area (Å²) < 4.78 is 50.4. The number of hydrogen-bond donors (Lipinski definition) is 0. The second-order valence-corrected chi connectivity index (χ2v) is 8.18. The zero-order chi connectivity index (χ0) is 23.7. The standard InChI is InChI=1S/C25H24F3N3O2/c1-14-11-18(26)21(19(27)12-14)24-22(28)15(2)16(3)23(30-24)25(32)31(17-7-6-9-29-13-17)20-8-4-5-10-33-20/h6-7,9,11-13,20H,4-5,8,10H2,1-3H3. The van der Waals surface area contributed by atoms with Gasteiger partial charge in [0, 0.05) is 12.8 Å². The number of aryl methyl sites for hydroxylation is 1. The van der Waals surface area contributed by atoms with Crippen molar-refractivity contribution in [2.24, 2.45) is 0 Å². The SMILES string of the molecule is Cc1cc(F)c(-c2nc(C(=O)N(c3cccnc3)C3CCCCO3)c(C)c(C)c2F)c(F)c1. The van der Waals surface area contributed by atoms with Gasteiger partial charge in [0.05, 0.1) is 17.4 Å². The molecule has 0 N–H and O–H groups in total. The smallest absolute Gasteiger partial charge is 0.279 e. The number of hydrogen-bond acceptors (Lipinski definition) is 4. The molecule has 0 saturated carbocycles. The summed E-state index contributed by atoms with van der Waals surface area (Å²) in [6.45, 7) is 5.05. The number of amides is 1. The highest BCUT2D eigenvalue weighted by atomic mass is 19.1. The molecule has 1 aliphatic heterocycles. The number of anilines is 1. The van der Waals surface area contributed by atoms with Crippen LogP contribution < -0.4 is 4.90 Å². The van der Waals surface area contributed by atoms with E-state index in [-0.39, 0.29) is 11.3 Å². The number of carbonyl (C=O) groups is 1. The van der Waals surface area contributed by atoms with E-state index in [1.54, 1.807) is 25.3 Å². The molecule has 0 aliphatic carbocycles. The van der Waals surface area contributed by atoms with E-state index in [2.05, 4.69) is 9.97 Å². The van der Waals surface area contributed by atoms with E-state index in [9.17, 15) is 13.6 Å². The molecule has 1 unspecified atom stereocenters. The Labute approximate surface area is 190 Å². The molecule has 1 atom stereocenters. The second kappa shape index (κ2) is 9.31. The number of ether oxygens (including phenoxy) is 1. The quantitative estimate of drug-likeness (QED) is 0.510. The molecule has 172 valence electrons. The van der Waals surface area contributed by atoms with Crippen molar-refractivity contribution in [1.29, 1.82) is 0 Å². The molecular weight excluding hydrogens is 431 g/mol. The maximum Gasteiger partial charge on any atom is 0.279 e. The summed E-state index contributed by atoms with van der Waals surface area (Å²) in [6, 6.07) is 5.62. The van der Waals surface area contributed by atoms with Gasteiger partial charge >= 0.3 is 0 Å². The molecule has 8 heteroatoms. The first-order chi connectivity index (χ1) is 15.8. The number of aromatic nitrogens is 2. The minimum atomic E-state index is -0.944. The first-order valence-electron chi connectivity index (χ1n) is 10.8. The Bertz CT molecular complexity index is 1170. The maximum atomic E-state index is 15.2. The first-order valence-corrected chi connectivity index (χ1v) is 10.8. The van der Waals surface area contributed by atoms with Crippen LogP contribution in [0.1, 0.15) is 46.4 Å². The summed E-state index contributed by atoms with van der Waals surface area (Å²) in [5.74, 6) is -3.31. The molecule has 33 heavy (non-hydrogen) atoms. The summed E-state index contributed by atoms with van der Waals surface area (Å²) in [6.07, 6.45) is 4.91. The van der Waals surface area contributed by atoms with Crippen LogP contribution in [0.3, 0.4) is 0 Å². The van der Waals surface area contributed by atoms with E-state index < -0.39 is 40.8 Å². The number of rotatable bonds is 4. The third kappa shape index (κ3) is 4.35. The van der Waals surface area contributed by atoms with Gasteiger partial charge in [-0.3, -0.25) is 14.7 Å². The fourth-order valence-electron chi connectivity index (χ4n) is 4.02. The van der Waals surface area contributed by atoms with Crippen molar-refractivity contribution in [2.45, 2.75) is 46.3 Å². The molecule has 0 bridgehead atoms. The molecule has 1 saturated heterocycles. The van der Waals surface area contributed by atoms with Crippen LogP contribution in [0.4, 0.5) is 18.9 Å². The molecule has 5 nitrogen and oxygen atoms in total. The molecule has 0 radical (unpaired) electrons. The lowest BCUT2D eigenvalue weighted by atomic mass is 10.0. The zero-order valence-corrected chi connectivity index (χ0v) is 18.7. The highest BCUT2D eigenvalue weighted by Crippen LogP contribution is 2.33. The van der Waals surface area contributed by atoms with Gasteiger partial charge in [-0.2, -0.15) is 0 Å². The van der Waals surface area contributed by atoms with Gasteiger partial charge in [0.15, 0.2) is 5.82 Å². The zero-order valence-electron chi connectivity index (χ0n) is 18.7. The van der Waals surface area contributed by atoms with Crippen molar-refractivity contribution in [3.8, 4) is 11.3 Å². The van der Waals surface area contributed by atoms with Gasteiger partial charge in [0.2, 0.25) is 0 Å². The van der Waals surface area contributed by atoms with Gasteiger partial charge in [-0.05, 0) is 81.0 Å². The average Bonchev–Trinajstić information content (AvgIpc) is 2.80. The lowest BCUT2D eigenvalue weighted by Gasteiger charge is -2.34. The Hall–Kier alpha value is -3.26. The van der Waals surface area contributed by atoms with Crippen LogP contribution in [0.25, 0.3) is 11.3 Å². The van der Waals surface area contributed by atoms with Crippen molar-refractivity contribution in [3.63, 3.8) is 0 Å². The Morgan fingerprint density at radius 2 is 1.82 bits per heavy atom. The van der Waals surface area contributed by atoms with Gasteiger partial charge in [-0.1, -0.05) is 0 Å². The molecule has 0 spiro atoms. The Morgan fingerprint density at radius 1 is 1.09 bits per heavy atom. The Balaban J connectivity index is 1.88. The minimum absolute atomic E-state index is 0.0958. The van der Waals surface area contributed by atoms with Gasteiger partial charge in [-0.25, -0.2) is 18.2 Å². The van der Waals surface area contributed by atoms with Crippen LogP contribution in [0, 0.1) is 38.2 Å². The minimum Gasteiger partial charge on any atom is -0.358 e. The lowest BCUT2D eigenvalue weighted by molar-refractivity contribution is 0.0143. The van der Waals surface area contributed by atoms with E-state index in [1.807, 2.05) is 0 Å². The van der Waals surface area contributed by atoms with Crippen molar-refractivity contribution >= 4 is 11.6 Å². The van der Waals surface area contributed by atoms with Gasteiger partial charge < -0.3 is 4.74 Å². The first kappa shape index (κ1) is 22.9. The lowest BCUT2D eigenvalue weighted by Crippen LogP contribution is -2.44. The van der Waals surface area contributed by atoms with E-state index in [1.165, 1.54) is 24.9 Å². The van der Waals surface area contributed by atoms with Crippen LogP contribution in [0.5, 0.6) is 0 Å². The van der Waals surface area contributed by atoms with Crippen LogP contribution in [-0.4, -0.2) is 28.7 Å². The summed E-state index contributed by atoms with van der Waals surface area (Å²) in [7, 11) is 0. The average molecular weight is 455 g/mol. The molecule has 3 aromatic rings. The molecule has 2 aromatic heterocycles. The number of benzene rings is 1. The normalized spacial score (nSPS) is 16.0. The van der Waals surface area contributed by atoms with E-state index in [4.69, 9.17) is 4.74 Å². The van der Waals surface area contributed by atoms with Crippen molar-refractivity contribution in [2.75, 3.05) is 11.5 Å². The third-order valence-corrected chi connectivity index (χ3v) is 5.89. The monoisotopic (exact) mass is 455 g/mol. The van der Waals surface area contributed by atoms with Crippen LogP contribution in [0.2, 0.25) is 0 Å². The summed E-state index contributed by atoms with van der Waals surface area (Å²) >= 11 is 0. The third-order valence-electron chi connectivity index (χ3n) is 5.89. The number of pyridine rings is 2. The van der Waals surface area contributed by atoms with Crippen LogP contribution in [-0.2, 0) is 4.74 Å². The van der Waals surface area contributed by atoms with Gasteiger partial charge in [0.25, 0.3) is 5.91 Å². The number of carbonyl (C=O) groups excluding carboxylic acids is 1. The maximum absolute atomic E-state index is 15.2. The van der Waals surface area contributed by atoms with Crippen molar-refractivity contribution < 1.29 is 22.7 Å². The Kier molecular flexibility index (Phi) is 6.47. The fraction of sp³-hybridized carbons (Fsp3) is 0.320. The van der Waals surface area contributed by atoms with Crippen LogP contribution >= 0.6 is 0 Å². The fourth-order valence-corrected chi connectivity index (χ4v) is 4.02. The van der Waals surface area contributed by atoms with Crippen molar-refractivity contribution in [3.05, 3.63) is 76.5 Å². The molecule has 1 aliphatic rings. The number of nitrogens with zero attached hydrogens (tertiary/aromatic N) is 3. The molecule has 1 aromatic carbocycles. The predicted molar refractivity (Wildman–Crippen MR) is 118 cm³/mol. The van der Waals surface area contributed by atoms with Crippen LogP contribution in [0.15, 0.2) is 36.7 Å². The molecule has 1 amide bonds. The molecular formula is C25H24F3N3O2. The van der Waals surface area contributed by atoms with Gasteiger partial charge in [-0.15, -0.1) is 0 Å². The molecule has 4 rings (SSSR count). The predicted octanol–water partition coefficient (Wildman–Crippen LogP) is 5.66. The highest BCUT2D eigenvalue weighted by Gasteiger charge is 2.32. The van der Waals surface area contributed by atoms with E-state index in [0.717, 1.165) is 25.0 Å². The topological polar surface area (TPSA) is 55.3 Å². The molecule has 3 heterocycles. The van der Waals surface area contributed by atoms with E-state index >= 15 is 4.39 Å². The Morgan fingerprint density at radius 3 is 2.42 bits per heavy atom.